The van der Waals surface area contributed by atoms with Gasteiger partial charge < -0.3 is 14.6 Å². The second kappa shape index (κ2) is 7.77. The van der Waals surface area contributed by atoms with Gasteiger partial charge in [-0.05, 0) is 42.3 Å². The van der Waals surface area contributed by atoms with Gasteiger partial charge in [0.25, 0.3) is 17.2 Å². The molecule has 0 radical (unpaired) electrons. The SMILES string of the molecule is CCc1ccc(OC)c(N(c2noc3ccc(C(=O)NC)cc23)S(=O)O)c1. The molecule has 1 amide bonds. The van der Waals surface area contributed by atoms with Gasteiger partial charge in [0.05, 0.1) is 12.5 Å². The predicted octanol–water partition coefficient (Wildman–Crippen LogP) is 3.03. The lowest BCUT2D eigenvalue weighted by molar-refractivity contribution is 0.0963. The third-order valence-corrected chi connectivity index (χ3v) is 4.84. The number of carbonyl (C=O) groups is 1. The standard InChI is InChI=1S/C18H19N3O5S/c1-4-11-5-7-16(25-3)14(9-11)21(27(23)24)17-13-10-12(18(22)19-2)6-8-15(13)26-20-17/h5-10H,4H2,1-3H3,(H,19,22)(H,23,24). The van der Waals surface area contributed by atoms with Crippen molar-refractivity contribution in [2.45, 2.75) is 13.3 Å². The monoisotopic (exact) mass is 389 g/mol. The number of benzene rings is 2. The van der Waals surface area contributed by atoms with E-state index in [9.17, 15) is 13.6 Å². The van der Waals surface area contributed by atoms with E-state index < -0.39 is 11.3 Å². The summed E-state index contributed by atoms with van der Waals surface area (Å²) in [4.78, 5) is 11.9. The van der Waals surface area contributed by atoms with Crippen LogP contribution in [0.5, 0.6) is 5.75 Å². The molecule has 0 aliphatic heterocycles. The number of amides is 1. The molecule has 0 saturated carbocycles. The lowest BCUT2D eigenvalue weighted by atomic mass is 10.1. The van der Waals surface area contributed by atoms with Crippen molar-refractivity contribution in [3.8, 4) is 5.75 Å². The summed E-state index contributed by atoms with van der Waals surface area (Å²) in [5.74, 6) is 0.239. The van der Waals surface area contributed by atoms with Crippen LogP contribution < -0.4 is 14.4 Å². The first-order chi connectivity index (χ1) is 13.0. The number of ether oxygens (including phenoxy) is 1. The van der Waals surface area contributed by atoms with Crippen LogP contribution in [0.15, 0.2) is 40.9 Å². The van der Waals surface area contributed by atoms with Gasteiger partial charge in [-0.3, -0.25) is 9.35 Å². The van der Waals surface area contributed by atoms with Crippen LogP contribution in [-0.2, 0) is 17.7 Å². The first kappa shape index (κ1) is 18.9. The zero-order valence-corrected chi connectivity index (χ0v) is 15.9. The molecule has 0 fully saturated rings. The van der Waals surface area contributed by atoms with Crippen LogP contribution in [-0.4, -0.2) is 34.0 Å². The lowest BCUT2D eigenvalue weighted by Crippen LogP contribution is -2.21. The summed E-state index contributed by atoms with van der Waals surface area (Å²) in [7, 11) is 3.00. The van der Waals surface area contributed by atoms with E-state index in [4.69, 9.17) is 9.26 Å². The number of hydrogen-bond donors (Lipinski definition) is 2. The van der Waals surface area contributed by atoms with Gasteiger partial charge in [-0.25, -0.2) is 8.51 Å². The highest BCUT2D eigenvalue weighted by Gasteiger charge is 2.26. The molecule has 1 unspecified atom stereocenters. The molecule has 2 aromatic carbocycles. The van der Waals surface area contributed by atoms with Crippen LogP contribution in [0.1, 0.15) is 22.8 Å². The third-order valence-electron chi connectivity index (χ3n) is 4.16. The molecule has 1 atom stereocenters. The quantitative estimate of drug-likeness (QED) is 0.628. The maximum absolute atomic E-state index is 12.2. The van der Waals surface area contributed by atoms with Crippen molar-refractivity contribution in [3.05, 3.63) is 47.5 Å². The minimum absolute atomic E-state index is 0.114. The fourth-order valence-corrected chi connectivity index (χ4v) is 3.33. The Bertz CT molecular complexity index is 1020. The van der Waals surface area contributed by atoms with Gasteiger partial charge in [0.15, 0.2) is 11.4 Å². The van der Waals surface area contributed by atoms with Gasteiger partial charge in [0.2, 0.25) is 0 Å². The van der Waals surface area contributed by atoms with Crippen molar-refractivity contribution in [2.75, 3.05) is 18.5 Å². The average molecular weight is 389 g/mol. The molecule has 0 spiro atoms. The van der Waals surface area contributed by atoms with Crippen molar-refractivity contribution in [3.63, 3.8) is 0 Å². The highest BCUT2D eigenvalue weighted by molar-refractivity contribution is 7.81. The molecule has 0 aliphatic carbocycles. The van der Waals surface area contributed by atoms with Crippen LogP contribution in [0, 0.1) is 0 Å². The summed E-state index contributed by atoms with van der Waals surface area (Å²) >= 11 is -2.45. The van der Waals surface area contributed by atoms with Gasteiger partial charge in [-0.2, -0.15) is 0 Å². The lowest BCUT2D eigenvalue weighted by Gasteiger charge is -2.20. The molecule has 2 N–H and O–H groups in total. The molecule has 1 aromatic heterocycles. The van der Waals surface area contributed by atoms with Gasteiger partial charge in [-0.15, -0.1) is 0 Å². The van der Waals surface area contributed by atoms with Crippen LogP contribution >= 0.6 is 0 Å². The number of carbonyl (C=O) groups excluding carboxylic acids is 1. The van der Waals surface area contributed by atoms with E-state index in [2.05, 4.69) is 10.5 Å². The van der Waals surface area contributed by atoms with E-state index in [1.807, 2.05) is 13.0 Å². The predicted molar refractivity (Wildman–Crippen MR) is 103 cm³/mol. The second-order valence-electron chi connectivity index (χ2n) is 5.68. The van der Waals surface area contributed by atoms with E-state index in [1.54, 1.807) is 30.3 Å². The zero-order chi connectivity index (χ0) is 19.6. The number of rotatable bonds is 6. The number of methoxy groups -OCH3 is 1. The van der Waals surface area contributed by atoms with E-state index in [0.717, 1.165) is 16.3 Å². The van der Waals surface area contributed by atoms with Crippen LogP contribution in [0.25, 0.3) is 11.0 Å². The minimum Gasteiger partial charge on any atom is -0.495 e. The van der Waals surface area contributed by atoms with Crippen molar-refractivity contribution in [2.24, 2.45) is 0 Å². The summed E-state index contributed by atoms with van der Waals surface area (Å²) in [6.45, 7) is 1.98. The Morgan fingerprint density at radius 1 is 1.33 bits per heavy atom. The number of aryl methyl sites for hydroxylation is 1. The summed E-state index contributed by atoms with van der Waals surface area (Å²) in [5.41, 5.74) is 2.10. The Balaban J connectivity index is 2.22. The number of hydrogen-bond acceptors (Lipinski definition) is 5. The molecule has 9 heteroatoms. The van der Waals surface area contributed by atoms with Gasteiger partial charge in [0.1, 0.15) is 11.4 Å². The van der Waals surface area contributed by atoms with Gasteiger partial charge in [-0.1, -0.05) is 18.1 Å². The molecule has 142 valence electrons. The highest BCUT2D eigenvalue weighted by Crippen LogP contribution is 2.38. The summed E-state index contributed by atoms with van der Waals surface area (Å²) in [5, 5.41) is 6.94. The fraction of sp³-hybridized carbons (Fsp3) is 0.222. The molecule has 3 rings (SSSR count). The molecule has 0 saturated heterocycles. The Labute approximate surface area is 158 Å². The number of anilines is 2. The minimum atomic E-state index is -2.45. The summed E-state index contributed by atoms with van der Waals surface area (Å²) in [6.07, 6.45) is 0.739. The molecule has 8 nitrogen and oxygen atoms in total. The number of nitrogens with zero attached hydrogens (tertiary/aromatic N) is 2. The Hall–Kier alpha value is -2.91. The van der Waals surface area contributed by atoms with Gasteiger partial charge >= 0.3 is 0 Å². The molecule has 27 heavy (non-hydrogen) atoms. The fourth-order valence-electron chi connectivity index (χ4n) is 2.74. The van der Waals surface area contributed by atoms with Crippen LogP contribution in [0.2, 0.25) is 0 Å². The largest absolute Gasteiger partial charge is 0.495 e. The van der Waals surface area contributed by atoms with Gasteiger partial charge in [0, 0.05) is 12.6 Å². The number of aromatic nitrogens is 1. The maximum Gasteiger partial charge on any atom is 0.268 e. The van der Waals surface area contributed by atoms with Crippen molar-refractivity contribution >= 4 is 39.6 Å². The Morgan fingerprint density at radius 2 is 2.11 bits per heavy atom. The first-order valence-electron chi connectivity index (χ1n) is 8.19. The molecule has 0 aliphatic rings. The van der Waals surface area contributed by atoms with Crippen LogP contribution in [0.3, 0.4) is 0 Å². The summed E-state index contributed by atoms with van der Waals surface area (Å²) < 4.78 is 33.9. The first-order valence-corrected chi connectivity index (χ1v) is 9.26. The smallest absolute Gasteiger partial charge is 0.268 e. The summed E-state index contributed by atoms with van der Waals surface area (Å²) in [6, 6.07) is 10.1. The van der Waals surface area contributed by atoms with Crippen molar-refractivity contribution in [1.82, 2.24) is 10.5 Å². The van der Waals surface area contributed by atoms with Crippen LogP contribution in [0.4, 0.5) is 11.5 Å². The second-order valence-corrected chi connectivity index (χ2v) is 6.51. The number of nitrogens with one attached hydrogen (secondary N) is 1. The van der Waals surface area contributed by atoms with E-state index in [0.29, 0.717) is 28.0 Å². The normalized spacial score (nSPS) is 12.0. The molecular weight excluding hydrogens is 370 g/mol. The Kier molecular flexibility index (Phi) is 5.43. The highest BCUT2D eigenvalue weighted by atomic mass is 32.2. The van der Waals surface area contributed by atoms with E-state index >= 15 is 0 Å². The molecule has 1 heterocycles. The molecular formula is C18H19N3O5S. The Morgan fingerprint density at radius 3 is 2.74 bits per heavy atom. The third kappa shape index (κ3) is 3.51. The molecule has 0 bridgehead atoms. The zero-order valence-electron chi connectivity index (χ0n) is 15.1. The molecule has 3 aromatic rings. The number of fused-ring (bicyclic) bond motifs is 1. The average Bonchev–Trinajstić information content (AvgIpc) is 3.10. The van der Waals surface area contributed by atoms with E-state index in [-0.39, 0.29) is 11.7 Å². The van der Waals surface area contributed by atoms with Crippen molar-refractivity contribution in [1.29, 1.82) is 0 Å². The van der Waals surface area contributed by atoms with E-state index in [1.165, 1.54) is 14.2 Å². The van der Waals surface area contributed by atoms with Crippen molar-refractivity contribution < 1.29 is 22.8 Å². The topological polar surface area (TPSA) is 105 Å². The maximum atomic E-state index is 12.2.